The van der Waals surface area contributed by atoms with Gasteiger partial charge in [0.25, 0.3) is 0 Å². The third-order valence-electron chi connectivity index (χ3n) is 4.28. The van der Waals surface area contributed by atoms with Crippen LogP contribution in [0.25, 0.3) is 0 Å². The fourth-order valence-electron chi connectivity index (χ4n) is 2.90. The Morgan fingerprint density at radius 1 is 1.12 bits per heavy atom. The second-order valence-electron chi connectivity index (χ2n) is 7.78. The summed E-state index contributed by atoms with van der Waals surface area (Å²) < 4.78 is 11.3. The predicted octanol–water partition coefficient (Wildman–Crippen LogP) is 3.67. The highest BCUT2D eigenvalue weighted by molar-refractivity contribution is 5.69. The van der Waals surface area contributed by atoms with Crippen LogP contribution in [-0.4, -0.2) is 48.4 Å². The molecule has 0 spiro atoms. The normalized spacial score (nSPS) is 21.6. The lowest BCUT2D eigenvalue weighted by molar-refractivity contribution is 0.0159. The minimum Gasteiger partial charge on any atom is -0.490 e. The largest absolute Gasteiger partial charge is 0.490 e. The van der Waals surface area contributed by atoms with Gasteiger partial charge in [-0.2, -0.15) is 0 Å². The minimum atomic E-state index is -0.453. The summed E-state index contributed by atoms with van der Waals surface area (Å²) >= 11 is 0. The Morgan fingerprint density at radius 2 is 1.79 bits per heavy atom. The molecule has 1 aliphatic carbocycles. The van der Waals surface area contributed by atoms with Gasteiger partial charge >= 0.3 is 6.09 Å². The van der Waals surface area contributed by atoms with Gasteiger partial charge in [0.1, 0.15) is 11.4 Å². The van der Waals surface area contributed by atoms with Gasteiger partial charge < -0.3 is 19.3 Å². The molecule has 0 bridgehead atoms. The zero-order valence-electron chi connectivity index (χ0n) is 15.1. The summed E-state index contributed by atoms with van der Waals surface area (Å²) in [5.41, 5.74) is 0.722. The van der Waals surface area contributed by atoms with E-state index in [4.69, 9.17) is 9.47 Å². The number of nitrogens with zero attached hydrogens (tertiary/aromatic N) is 2. The van der Waals surface area contributed by atoms with E-state index in [1.54, 1.807) is 0 Å². The van der Waals surface area contributed by atoms with Crippen molar-refractivity contribution >= 4 is 11.8 Å². The Balaban J connectivity index is 1.57. The Kier molecular flexibility index (Phi) is 4.61. The van der Waals surface area contributed by atoms with Crippen molar-refractivity contribution in [3.05, 3.63) is 24.3 Å². The van der Waals surface area contributed by atoms with Crippen LogP contribution < -0.4 is 9.64 Å². The summed E-state index contributed by atoms with van der Waals surface area (Å²) in [6, 6.07) is 8.41. The highest BCUT2D eigenvalue weighted by Gasteiger charge is 2.31. The number of piperazine rings is 1. The maximum Gasteiger partial charge on any atom is 0.410 e. The molecule has 0 N–H and O–H groups in total. The van der Waals surface area contributed by atoms with Gasteiger partial charge in [-0.05, 0) is 64.8 Å². The number of hydrogen-bond acceptors (Lipinski definition) is 4. The third-order valence-corrected chi connectivity index (χ3v) is 4.28. The van der Waals surface area contributed by atoms with Crippen LogP contribution in [0, 0.1) is 0 Å². The first kappa shape index (κ1) is 16.9. The zero-order chi connectivity index (χ0) is 17.3. The highest BCUT2D eigenvalue weighted by atomic mass is 16.6. The molecular weight excluding hydrogens is 304 g/mol. The topological polar surface area (TPSA) is 42.0 Å². The Morgan fingerprint density at radius 3 is 2.33 bits per heavy atom. The molecule has 1 heterocycles. The van der Waals surface area contributed by atoms with E-state index < -0.39 is 5.60 Å². The molecule has 0 aromatic heterocycles. The lowest BCUT2D eigenvalue weighted by Gasteiger charge is -2.41. The molecule has 5 heteroatoms. The summed E-state index contributed by atoms with van der Waals surface area (Å²) in [6.07, 6.45) is 2.55. The van der Waals surface area contributed by atoms with Crippen LogP contribution in [0.5, 0.6) is 5.75 Å². The van der Waals surface area contributed by atoms with Gasteiger partial charge in [0.05, 0.1) is 6.10 Å². The highest BCUT2D eigenvalue weighted by Crippen LogP contribution is 2.29. The Labute approximate surface area is 144 Å². The number of carbonyl (C=O) groups is 1. The van der Waals surface area contributed by atoms with E-state index in [0.717, 1.165) is 18.8 Å². The second kappa shape index (κ2) is 6.54. The molecule has 24 heavy (non-hydrogen) atoms. The maximum absolute atomic E-state index is 12.3. The quantitative estimate of drug-likeness (QED) is 0.847. The van der Waals surface area contributed by atoms with Gasteiger partial charge in [-0.25, -0.2) is 4.79 Å². The molecule has 0 radical (unpaired) electrons. The summed E-state index contributed by atoms with van der Waals surface area (Å²) in [4.78, 5) is 16.4. The van der Waals surface area contributed by atoms with E-state index in [-0.39, 0.29) is 12.1 Å². The fraction of sp³-hybridized carbons (Fsp3) is 0.632. The number of rotatable bonds is 3. The summed E-state index contributed by atoms with van der Waals surface area (Å²) in [5, 5.41) is 0. The lowest BCUT2D eigenvalue weighted by atomic mass is 10.1. The maximum atomic E-state index is 12.3. The molecule has 1 aromatic rings. The van der Waals surface area contributed by atoms with Crippen molar-refractivity contribution in [1.29, 1.82) is 0 Å². The molecule has 1 aromatic carbocycles. The molecule has 1 aliphatic heterocycles. The van der Waals surface area contributed by atoms with E-state index in [0.29, 0.717) is 12.6 Å². The average molecular weight is 332 g/mol. The average Bonchev–Trinajstić information content (AvgIpc) is 3.30. The molecule has 3 rings (SSSR count). The number of amides is 1. The van der Waals surface area contributed by atoms with Gasteiger partial charge in [-0.1, -0.05) is 0 Å². The lowest BCUT2D eigenvalue weighted by Crippen LogP contribution is -2.55. The van der Waals surface area contributed by atoms with E-state index >= 15 is 0 Å². The SMILES string of the molecule is CC1CN(c2ccc(OC3CC3)cc2)CCN1C(=O)OC(C)(C)C. The van der Waals surface area contributed by atoms with Crippen molar-refractivity contribution in [1.82, 2.24) is 4.90 Å². The second-order valence-corrected chi connectivity index (χ2v) is 7.78. The predicted molar refractivity (Wildman–Crippen MR) is 94.7 cm³/mol. The van der Waals surface area contributed by atoms with Crippen LogP contribution in [0.2, 0.25) is 0 Å². The van der Waals surface area contributed by atoms with E-state index in [1.807, 2.05) is 37.8 Å². The Bertz CT molecular complexity index is 575. The van der Waals surface area contributed by atoms with Gasteiger partial charge in [0.15, 0.2) is 0 Å². The molecule has 1 atom stereocenters. The van der Waals surface area contributed by atoms with Gasteiger partial charge in [-0.15, -0.1) is 0 Å². The number of anilines is 1. The summed E-state index contributed by atoms with van der Waals surface area (Å²) in [5.74, 6) is 0.946. The standard InChI is InChI=1S/C19H28N2O3/c1-14-13-20(11-12-21(14)18(22)24-19(2,3)4)15-5-7-16(8-6-15)23-17-9-10-17/h5-8,14,17H,9-13H2,1-4H3. The Hall–Kier alpha value is -1.91. The van der Waals surface area contributed by atoms with Crippen LogP contribution in [0.1, 0.15) is 40.5 Å². The van der Waals surface area contributed by atoms with Crippen LogP contribution in [0.15, 0.2) is 24.3 Å². The van der Waals surface area contributed by atoms with E-state index in [9.17, 15) is 4.79 Å². The van der Waals surface area contributed by atoms with Crippen LogP contribution >= 0.6 is 0 Å². The van der Waals surface area contributed by atoms with E-state index in [2.05, 4.69) is 24.0 Å². The number of carbonyl (C=O) groups excluding carboxylic acids is 1. The first-order chi connectivity index (χ1) is 11.3. The fourth-order valence-corrected chi connectivity index (χ4v) is 2.90. The summed E-state index contributed by atoms with van der Waals surface area (Å²) in [6.45, 7) is 10.1. The first-order valence-electron chi connectivity index (χ1n) is 8.83. The van der Waals surface area contributed by atoms with Crippen molar-refractivity contribution in [2.75, 3.05) is 24.5 Å². The van der Waals surface area contributed by atoms with Crippen LogP contribution in [0.4, 0.5) is 10.5 Å². The molecule has 2 fully saturated rings. The number of hydrogen-bond donors (Lipinski definition) is 0. The van der Waals surface area contributed by atoms with Gasteiger partial charge in [0.2, 0.25) is 0 Å². The van der Waals surface area contributed by atoms with Crippen molar-refractivity contribution in [3.8, 4) is 5.75 Å². The van der Waals surface area contributed by atoms with Crippen molar-refractivity contribution in [2.24, 2.45) is 0 Å². The molecule has 1 saturated carbocycles. The van der Waals surface area contributed by atoms with Gasteiger partial charge in [0, 0.05) is 31.4 Å². The van der Waals surface area contributed by atoms with E-state index in [1.165, 1.54) is 18.5 Å². The molecule has 1 amide bonds. The molecule has 1 saturated heterocycles. The van der Waals surface area contributed by atoms with Crippen molar-refractivity contribution in [3.63, 3.8) is 0 Å². The molecule has 2 aliphatic rings. The third kappa shape index (κ3) is 4.34. The molecule has 1 unspecified atom stereocenters. The van der Waals surface area contributed by atoms with Crippen molar-refractivity contribution < 1.29 is 14.3 Å². The number of benzene rings is 1. The van der Waals surface area contributed by atoms with Crippen molar-refractivity contribution in [2.45, 2.75) is 58.3 Å². The monoisotopic (exact) mass is 332 g/mol. The minimum absolute atomic E-state index is 0.121. The molecule has 5 nitrogen and oxygen atoms in total. The van der Waals surface area contributed by atoms with Gasteiger partial charge in [-0.3, -0.25) is 0 Å². The first-order valence-corrected chi connectivity index (χ1v) is 8.83. The smallest absolute Gasteiger partial charge is 0.410 e. The number of ether oxygens (including phenoxy) is 2. The molecule has 132 valence electrons. The zero-order valence-corrected chi connectivity index (χ0v) is 15.1. The molecular formula is C19H28N2O3. The summed E-state index contributed by atoms with van der Waals surface area (Å²) in [7, 11) is 0. The van der Waals surface area contributed by atoms with Crippen LogP contribution in [0.3, 0.4) is 0 Å². The van der Waals surface area contributed by atoms with Crippen LogP contribution in [-0.2, 0) is 4.74 Å².